The first-order valence-corrected chi connectivity index (χ1v) is 9.64. The lowest BCUT2D eigenvalue weighted by molar-refractivity contribution is 0.389. The van der Waals surface area contributed by atoms with Crippen LogP contribution in [0.3, 0.4) is 0 Å². The molecule has 0 saturated carbocycles. The number of halogens is 3. The van der Waals surface area contributed by atoms with Crippen LogP contribution in [0.25, 0.3) is 0 Å². The normalized spacial score (nSPS) is 16.1. The van der Waals surface area contributed by atoms with Crippen molar-refractivity contribution in [3.8, 4) is 0 Å². The predicted octanol–water partition coefficient (Wildman–Crippen LogP) is 6.49. The van der Waals surface area contributed by atoms with Crippen LogP contribution in [0.5, 0.6) is 0 Å². The van der Waals surface area contributed by atoms with Crippen molar-refractivity contribution in [1.29, 1.82) is 0 Å². The largest absolute Gasteiger partial charge is 0.309 e. The van der Waals surface area contributed by atoms with Crippen LogP contribution in [0.2, 0.25) is 10.0 Å². The van der Waals surface area contributed by atoms with Gasteiger partial charge < -0.3 is 4.90 Å². The van der Waals surface area contributed by atoms with E-state index in [0.29, 0.717) is 5.92 Å². The van der Waals surface area contributed by atoms with Gasteiger partial charge in [0, 0.05) is 26.6 Å². The molecule has 1 nitrogen and oxygen atoms in total. The average Bonchev–Trinajstić information content (AvgIpc) is 2.64. The van der Waals surface area contributed by atoms with E-state index in [9.17, 15) is 0 Å². The summed E-state index contributed by atoms with van der Waals surface area (Å²) in [5, 5.41) is 1.63. The van der Waals surface area contributed by atoms with Gasteiger partial charge in [-0.05, 0) is 80.5 Å². The first kappa shape index (κ1) is 19.9. The van der Waals surface area contributed by atoms with Gasteiger partial charge in [-0.25, -0.2) is 0 Å². The first-order chi connectivity index (χ1) is 11.0. The Balaban J connectivity index is 0.00000208. The summed E-state index contributed by atoms with van der Waals surface area (Å²) >= 11 is 14.5. The zero-order valence-electron chi connectivity index (χ0n) is 13.9. The van der Waals surface area contributed by atoms with Crippen LogP contribution >= 0.6 is 47.4 Å². The van der Waals surface area contributed by atoms with Crippen molar-refractivity contribution in [3.63, 3.8) is 0 Å². The summed E-state index contributed by atoms with van der Waals surface area (Å²) in [6.07, 6.45) is 2.26. The van der Waals surface area contributed by atoms with Gasteiger partial charge >= 0.3 is 0 Å². The van der Waals surface area contributed by atoms with Crippen LogP contribution < -0.4 is 0 Å². The Morgan fingerprint density at radius 1 is 1.04 bits per heavy atom. The molecular weight excluding hydrogens is 381 g/mol. The lowest BCUT2D eigenvalue weighted by Gasteiger charge is -2.21. The van der Waals surface area contributed by atoms with Crippen molar-refractivity contribution in [2.45, 2.75) is 29.4 Å². The zero-order valence-corrected chi connectivity index (χ0v) is 17.0. The second-order valence-electron chi connectivity index (χ2n) is 6.31. The zero-order chi connectivity index (χ0) is 16.4. The van der Waals surface area contributed by atoms with Gasteiger partial charge in [0.05, 0.1) is 0 Å². The molecule has 0 bridgehead atoms. The molecule has 1 heterocycles. The number of benzene rings is 2. The third kappa shape index (κ3) is 4.62. The minimum Gasteiger partial charge on any atom is -0.309 e. The molecule has 0 fully saturated rings. The van der Waals surface area contributed by atoms with Crippen LogP contribution in [0, 0.1) is 0 Å². The van der Waals surface area contributed by atoms with Crippen LogP contribution in [0.4, 0.5) is 0 Å². The van der Waals surface area contributed by atoms with Crippen LogP contribution in [0.1, 0.15) is 35.4 Å². The second-order valence-corrected chi connectivity index (χ2v) is 8.20. The Morgan fingerprint density at radius 2 is 1.71 bits per heavy atom. The molecule has 3 rings (SSSR count). The number of fused-ring (bicyclic) bond motifs is 2. The maximum atomic E-state index is 6.30. The topological polar surface area (TPSA) is 3.24 Å². The van der Waals surface area contributed by atoms with Crippen molar-refractivity contribution >= 4 is 47.4 Å². The molecule has 0 aromatic heterocycles. The highest BCUT2D eigenvalue weighted by Gasteiger charge is 2.24. The number of nitrogens with zero attached hydrogens (tertiary/aromatic N) is 1. The van der Waals surface area contributed by atoms with Gasteiger partial charge in [0.2, 0.25) is 0 Å². The molecule has 130 valence electrons. The van der Waals surface area contributed by atoms with Gasteiger partial charge in [0.1, 0.15) is 0 Å². The maximum absolute atomic E-state index is 6.30. The van der Waals surface area contributed by atoms with Gasteiger partial charge in [0.15, 0.2) is 0 Å². The Labute approximate surface area is 165 Å². The molecule has 0 aliphatic carbocycles. The van der Waals surface area contributed by atoms with E-state index in [-0.39, 0.29) is 12.4 Å². The Morgan fingerprint density at radius 3 is 2.42 bits per heavy atom. The second kappa shape index (κ2) is 8.82. The fraction of sp³-hybridized carbons (Fsp3) is 0.368. The molecule has 0 spiro atoms. The predicted molar refractivity (Wildman–Crippen MR) is 109 cm³/mol. The molecule has 0 saturated heterocycles. The summed E-state index contributed by atoms with van der Waals surface area (Å²) in [5.74, 6) is 1.36. The van der Waals surface area contributed by atoms with E-state index in [1.165, 1.54) is 21.6 Å². The van der Waals surface area contributed by atoms with Gasteiger partial charge in [-0.3, -0.25) is 0 Å². The lowest BCUT2D eigenvalue weighted by atomic mass is 9.85. The van der Waals surface area contributed by atoms with E-state index in [4.69, 9.17) is 23.2 Å². The van der Waals surface area contributed by atoms with Crippen molar-refractivity contribution < 1.29 is 0 Å². The van der Waals surface area contributed by atoms with E-state index in [1.54, 1.807) is 0 Å². The maximum Gasteiger partial charge on any atom is 0.0409 e. The van der Waals surface area contributed by atoms with E-state index in [2.05, 4.69) is 43.3 Å². The molecule has 2 aromatic carbocycles. The molecule has 1 aliphatic heterocycles. The fourth-order valence-corrected chi connectivity index (χ4v) is 4.66. The molecule has 0 N–H and O–H groups in total. The van der Waals surface area contributed by atoms with Crippen molar-refractivity contribution in [1.82, 2.24) is 4.90 Å². The van der Waals surface area contributed by atoms with Crippen molar-refractivity contribution in [2.24, 2.45) is 0 Å². The quantitative estimate of drug-likeness (QED) is 0.574. The number of rotatable bonds is 4. The van der Waals surface area contributed by atoms with E-state index >= 15 is 0 Å². The number of hydrogen-bond donors (Lipinski definition) is 0. The van der Waals surface area contributed by atoms with Gasteiger partial charge in [-0.15, -0.1) is 24.2 Å². The molecule has 1 unspecified atom stereocenters. The first-order valence-electron chi connectivity index (χ1n) is 7.90. The van der Waals surface area contributed by atoms with E-state index in [1.807, 2.05) is 23.9 Å². The summed E-state index contributed by atoms with van der Waals surface area (Å²) in [5.41, 5.74) is 4.11. The molecule has 5 heteroatoms. The summed E-state index contributed by atoms with van der Waals surface area (Å²) in [7, 11) is 4.25. The highest BCUT2D eigenvalue weighted by atomic mass is 35.5. The van der Waals surface area contributed by atoms with Gasteiger partial charge in [0.25, 0.3) is 0 Å². The van der Waals surface area contributed by atoms with Gasteiger partial charge in [-0.2, -0.15) is 0 Å². The highest BCUT2D eigenvalue weighted by Crippen LogP contribution is 2.44. The van der Waals surface area contributed by atoms with E-state index < -0.39 is 0 Å². The van der Waals surface area contributed by atoms with Crippen LogP contribution in [-0.4, -0.2) is 25.5 Å². The minimum atomic E-state index is 0. The molecule has 24 heavy (non-hydrogen) atoms. The number of hydrogen-bond acceptors (Lipinski definition) is 2. The summed E-state index contributed by atoms with van der Waals surface area (Å²) in [6.45, 7) is 1.09. The summed E-state index contributed by atoms with van der Waals surface area (Å²) < 4.78 is 0. The Kier molecular flexibility index (Phi) is 7.33. The number of thioether (sulfide) groups is 1. The molecular formula is C19H22Cl3NS. The molecule has 0 radical (unpaired) electrons. The smallest absolute Gasteiger partial charge is 0.0409 e. The third-order valence-corrected chi connectivity index (χ3v) is 5.92. The lowest BCUT2D eigenvalue weighted by Crippen LogP contribution is -2.14. The minimum absolute atomic E-state index is 0. The summed E-state index contributed by atoms with van der Waals surface area (Å²) in [4.78, 5) is 3.58. The molecule has 0 amide bonds. The molecule has 1 aliphatic rings. The monoisotopic (exact) mass is 401 g/mol. The van der Waals surface area contributed by atoms with Crippen LogP contribution in [0.15, 0.2) is 41.3 Å². The molecule has 1 atom stereocenters. The van der Waals surface area contributed by atoms with Crippen LogP contribution in [-0.2, 0) is 5.75 Å². The highest BCUT2D eigenvalue weighted by molar-refractivity contribution is 7.98. The average molecular weight is 403 g/mol. The Hall–Kier alpha value is -0.380. The van der Waals surface area contributed by atoms with E-state index in [0.717, 1.165) is 35.2 Å². The molecule has 2 aromatic rings. The summed E-state index contributed by atoms with van der Waals surface area (Å²) in [6, 6.07) is 12.6. The van der Waals surface area contributed by atoms with Gasteiger partial charge in [-0.1, -0.05) is 29.3 Å². The van der Waals surface area contributed by atoms with Crippen molar-refractivity contribution in [2.75, 3.05) is 20.6 Å². The fourth-order valence-electron chi connectivity index (χ4n) is 3.19. The standard InChI is InChI=1S/C19H21Cl2NS.ClH/c1-22(2)9-3-4-16-17-10-14(20)6-5-13(17)12-23-19-8-7-15(21)11-18(16)19;/h5-8,10-11,16H,3-4,9,12H2,1-2H3;1H. The third-order valence-electron chi connectivity index (χ3n) is 4.31. The Bertz CT molecular complexity index is 650. The van der Waals surface area contributed by atoms with Crippen molar-refractivity contribution in [3.05, 3.63) is 63.1 Å². The SMILES string of the molecule is CN(C)CCCC1c2cc(Cl)ccc2CSc2ccc(Cl)cc21.Cl.